The number of halogens is 2. The second-order valence-corrected chi connectivity index (χ2v) is 11.8. The number of hydrogen-bond acceptors (Lipinski definition) is 5. The topological polar surface area (TPSA) is 57.7 Å². The summed E-state index contributed by atoms with van der Waals surface area (Å²) in [7, 11) is 0. The van der Waals surface area contributed by atoms with Gasteiger partial charge in [0.15, 0.2) is 5.79 Å². The number of benzene rings is 2. The molecule has 1 aliphatic carbocycles. The fourth-order valence-corrected chi connectivity index (χ4v) is 5.10. The molecule has 1 saturated heterocycles. The van der Waals surface area contributed by atoms with Crippen LogP contribution >= 0.6 is 22.4 Å². The van der Waals surface area contributed by atoms with Gasteiger partial charge in [-0.1, -0.05) is 64.5 Å². The average Bonchev–Trinajstić information content (AvgIpc) is 3.66. The van der Waals surface area contributed by atoms with Crippen LogP contribution in [0.15, 0.2) is 48.5 Å². The van der Waals surface area contributed by atoms with Crippen LogP contribution in [0, 0.1) is 17.7 Å². The van der Waals surface area contributed by atoms with Crippen LogP contribution in [0.25, 0.3) is 22.0 Å². The number of nitrogens with zero attached hydrogens (tertiary/aromatic N) is 1. The van der Waals surface area contributed by atoms with Gasteiger partial charge in [-0.15, -0.1) is 0 Å². The molecule has 0 N–H and O–H groups in total. The molecule has 0 spiro atoms. The fourth-order valence-electron chi connectivity index (χ4n) is 4.81. The highest BCUT2D eigenvalue weighted by Gasteiger charge is 2.36. The lowest BCUT2D eigenvalue weighted by atomic mass is 9.92. The first kappa shape index (κ1) is 26.1. The maximum absolute atomic E-state index is 13.8. The summed E-state index contributed by atoms with van der Waals surface area (Å²) >= 11 is 2.05. The summed E-state index contributed by atoms with van der Waals surface area (Å²) < 4.78 is 31.0. The SMILES string of the molecule is CB(I)OC(=O)CC1CC(C#Cc2c(C3CC3)nc3ccccc3c2-c2ccc(F)cc2)OC(C)(C)O1. The normalized spacial score (nSPS) is 20.7. The van der Waals surface area contributed by atoms with Crippen molar-refractivity contribution >= 4 is 44.0 Å². The quantitative estimate of drug-likeness (QED) is 0.184. The summed E-state index contributed by atoms with van der Waals surface area (Å²) in [5.41, 5.74) is 4.60. The zero-order chi connectivity index (χ0) is 26.2. The Morgan fingerprint density at radius 2 is 1.92 bits per heavy atom. The summed E-state index contributed by atoms with van der Waals surface area (Å²) in [5, 5.41) is 0.976. The van der Waals surface area contributed by atoms with Gasteiger partial charge in [0.1, 0.15) is 11.9 Å². The number of hydrogen-bond donors (Lipinski definition) is 0. The number of para-hydroxylation sites is 1. The van der Waals surface area contributed by atoms with Gasteiger partial charge >= 0.3 is 4.77 Å². The standard InChI is InChI=1S/C29H28BFINO4/c1-29(2)35-21(16-22(36-29)17-26(34)37-30(3)32)14-15-24-27(18-10-12-20(31)13-11-18)23-6-4-5-7-25(23)33-28(24)19-8-9-19/h4-7,10-13,19,21-22H,8-9,16-17H2,1-3H3. The monoisotopic (exact) mass is 611 g/mol. The van der Waals surface area contributed by atoms with E-state index in [0.29, 0.717) is 12.3 Å². The molecule has 5 nitrogen and oxygen atoms in total. The van der Waals surface area contributed by atoms with Gasteiger partial charge in [0.25, 0.3) is 5.97 Å². The van der Waals surface area contributed by atoms with Crippen LogP contribution in [0.5, 0.6) is 0 Å². The van der Waals surface area contributed by atoms with Gasteiger partial charge in [-0.25, -0.2) is 4.39 Å². The van der Waals surface area contributed by atoms with Crippen molar-refractivity contribution in [2.75, 3.05) is 0 Å². The average molecular weight is 611 g/mol. The number of fused-ring (bicyclic) bond motifs is 1. The van der Waals surface area contributed by atoms with E-state index in [0.717, 1.165) is 46.1 Å². The molecule has 8 heteroatoms. The van der Waals surface area contributed by atoms with Crippen LogP contribution in [-0.4, -0.2) is 33.7 Å². The van der Waals surface area contributed by atoms with Gasteiger partial charge < -0.3 is 14.1 Å². The Morgan fingerprint density at radius 1 is 1.19 bits per heavy atom. The lowest BCUT2D eigenvalue weighted by molar-refractivity contribution is -0.288. The molecule has 3 aromatic rings. The van der Waals surface area contributed by atoms with Crippen molar-refractivity contribution in [3.8, 4) is 23.0 Å². The molecule has 2 aliphatic rings. The summed E-state index contributed by atoms with van der Waals surface area (Å²) in [6.45, 7) is 5.48. The van der Waals surface area contributed by atoms with Crippen LogP contribution in [0.2, 0.25) is 6.82 Å². The maximum atomic E-state index is 13.8. The number of aromatic nitrogens is 1. The van der Waals surface area contributed by atoms with Crippen LogP contribution in [0.4, 0.5) is 4.39 Å². The Bertz CT molecular complexity index is 1380. The highest BCUT2D eigenvalue weighted by Crippen LogP contribution is 2.44. The largest absolute Gasteiger partial charge is 0.525 e. The Morgan fingerprint density at radius 3 is 2.62 bits per heavy atom. The second-order valence-electron chi connectivity index (χ2n) is 10.0. The molecule has 2 heterocycles. The molecular formula is C29H28BFINO4. The minimum Gasteiger partial charge on any atom is -0.525 e. The Hall–Kier alpha value is -2.48. The molecule has 1 aromatic heterocycles. The maximum Gasteiger partial charge on any atom is 0.428 e. The number of rotatable bonds is 5. The molecule has 2 atom stereocenters. The first-order chi connectivity index (χ1) is 17.7. The Kier molecular flexibility index (Phi) is 7.57. The van der Waals surface area contributed by atoms with Crippen molar-refractivity contribution in [1.29, 1.82) is 0 Å². The van der Waals surface area contributed by atoms with E-state index >= 15 is 0 Å². The molecule has 5 rings (SSSR count). The number of pyridine rings is 1. The molecule has 190 valence electrons. The number of ether oxygens (including phenoxy) is 2. The summed E-state index contributed by atoms with van der Waals surface area (Å²) in [6.07, 6.45) is 1.95. The third kappa shape index (κ3) is 6.33. The van der Waals surface area contributed by atoms with Gasteiger partial charge in [0, 0.05) is 23.3 Å². The predicted molar refractivity (Wildman–Crippen MR) is 151 cm³/mol. The van der Waals surface area contributed by atoms with E-state index in [9.17, 15) is 9.18 Å². The molecule has 37 heavy (non-hydrogen) atoms. The molecule has 2 unspecified atom stereocenters. The molecule has 1 aliphatic heterocycles. The van der Waals surface area contributed by atoms with Crippen LogP contribution in [0.3, 0.4) is 0 Å². The number of carbonyl (C=O) groups excluding carboxylic acids is 1. The summed E-state index contributed by atoms with van der Waals surface area (Å²) in [5.74, 6) is 5.63. The van der Waals surface area contributed by atoms with E-state index in [1.807, 2.05) is 44.9 Å². The van der Waals surface area contributed by atoms with E-state index in [2.05, 4.69) is 34.2 Å². The Balaban J connectivity index is 1.55. The van der Waals surface area contributed by atoms with Gasteiger partial charge in [-0.05, 0) is 57.3 Å². The van der Waals surface area contributed by atoms with E-state index < -0.39 is 11.9 Å². The first-order valence-electron chi connectivity index (χ1n) is 12.6. The van der Waals surface area contributed by atoms with Crippen LogP contribution in [0.1, 0.15) is 56.7 Å². The smallest absolute Gasteiger partial charge is 0.428 e. The molecule has 0 amide bonds. The van der Waals surface area contributed by atoms with Crippen molar-refractivity contribution in [3.63, 3.8) is 0 Å². The van der Waals surface area contributed by atoms with Crippen LogP contribution < -0.4 is 0 Å². The van der Waals surface area contributed by atoms with E-state index in [-0.39, 0.29) is 29.1 Å². The predicted octanol–water partition coefficient (Wildman–Crippen LogP) is 6.67. The van der Waals surface area contributed by atoms with Gasteiger partial charge in [0.2, 0.25) is 0 Å². The van der Waals surface area contributed by atoms with Crippen molar-refractivity contribution in [3.05, 3.63) is 65.6 Å². The molecule has 2 aromatic carbocycles. The third-order valence-corrected chi connectivity index (χ3v) is 6.67. The fraction of sp³-hybridized carbons (Fsp3) is 0.379. The second kappa shape index (κ2) is 10.7. The van der Waals surface area contributed by atoms with Crippen molar-refractivity contribution in [1.82, 2.24) is 4.98 Å². The lowest BCUT2D eigenvalue weighted by Gasteiger charge is -2.38. The minimum atomic E-state index is -0.890. The molecule has 1 saturated carbocycles. The lowest BCUT2D eigenvalue weighted by Crippen LogP contribution is -2.45. The van der Waals surface area contributed by atoms with Crippen molar-refractivity contribution in [2.45, 2.75) is 70.3 Å². The van der Waals surface area contributed by atoms with Gasteiger partial charge in [0.05, 0.1) is 29.3 Å². The van der Waals surface area contributed by atoms with E-state index in [1.165, 1.54) is 12.1 Å². The highest BCUT2D eigenvalue weighted by atomic mass is 127. The van der Waals surface area contributed by atoms with E-state index in [1.54, 1.807) is 12.1 Å². The molecular weight excluding hydrogens is 583 g/mol. The summed E-state index contributed by atoms with van der Waals surface area (Å²) in [6, 6.07) is 14.5. The van der Waals surface area contributed by atoms with Crippen LogP contribution in [-0.2, 0) is 18.9 Å². The van der Waals surface area contributed by atoms with Gasteiger partial charge in [-0.2, -0.15) is 0 Å². The Labute approximate surface area is 230 Å². The molecule has 0 radical (unpaired) electrons. The van der Waals surface area contributed by atoms with Gasteiger partial charge in [-0.3, -0.25) is 9.78 Å². The zero-order valence-electron chi connectivity index (χ0n) is 21.1. The first-order valence-corrected chi connectivity index (χ1v) is 13.8. The zero-order valence-corrected chi connectivity index (χ0v) is 23.3. The van der Waals surface area contributed by atoms with E-state index in [4.69, 9.17) is 19.1 Å². The highest BCUT2D eigenvalue weighted by molar-refractivity contribution is 14.1. The number of carbonyl (C=O) groups is 1. The minimum absolute atomic E-state index is 0.143. The van der Waals surface area contributed by atoms with Crippen molar-refractivity contribution in [2.24, 2.45) is 0 Å². The van der Waals surface area contributed by atoms with Crippen molar-refractivity contribution < 1.29 is 23.3 Å². The third-order valence-electron chi connectivity index (χ3n) is 6.42. The molecule has 2 fully saturated rings. The molecule has 0 bridgehead atoms. The summed E-state index contributed by atoms with van der Waals surface area (Å²) in [4.78, 5) is 17.3.